The zero-order valence-electron chi connectivity index (χ0n) is 15.9. The Labute approximate surface area is 179 Å². The van der Waals surface area contributed by atoms with Crippen molar-refractivity contribution >= 4 is 29.2 Å². The quantitative estimate of drug-likeness (QED) is 0.732. The number of piperidine rings is 1. The van der Waals surface area contributed by atoms with Gasteiger partial charge in [-0.3, -0.25) is 4.79 Å². The average Bonchev–Trinajstić information content (AvgIpc) is 3.05. The van der Waals surface area contributed by atoms with E-state index >= 15 is 0 Å². The highest BCUT2D eigenvalue weighted by molar-refractivity contribution is 6.35. The summed E-state index contributed by atoms with van der Waals surface area (Å²) in [6.07, 6.45) is 3.64. The van der Waals surface area contributed by atoms with Gasteiger partial charge in [-0.2, -0.15) is 0 Å². The Morgan fingerprint density at radius 3 is 2.69 bits per heavy atom. The van der Waals surface area contributed by atoms with E-state index in [1.54, 1.807) is 24.4 Å². The third-order valence-corrected chi connectivity index (χ3v) is 6.49. The molecule has 0 amide bonds. The number of ether oxygens (including phenoxy) is 2. The van der Waals surface area contributed by atoms with Gasteiger partial charge in [0.1, 0.15) is 12.4 Å². The second-order valence-electron chi connectivity index (χ2n) is 7.57. The summed E-state index contributed by atoms with van der Waals surface area (Å²) < 4.78 is 11.8. The molecule has 1 fully saturated rings. The Kier molecular flexibility index (Phi) is 5.86. The van der Waals surface area contributed by atoms with Crippen molar-refractivity contribution in [3.63, 3.8) is 0 Å². The number of halogens is 2. The topological polar surface area (TPSA) is 71.9 Å². The van der Waals surface area contributed by atoms with Crippen molar-refractivity contribution in [2.45, 2.75) is 31.3 Å². The minimum atomic E-state index is -0.760. The molecule has 0 unspecified atom stereocenters. The molecule has 6 nitrogen and oxygen atoms in total. The highest BCUT2D eigenvalue weighted by Gasteiger charge is 2.44. The van der Waals surface area contributed by atoms with Gasteiger partial charge in [0.15, 0.2) is 0 Å². The van der Waals surface area contributed by atoms with Gasteiger partial charge in [0.25, 0.3) is 0 Å². The summed E-state index contributed by atoms with van der Waals surface area (Å²) in [5, 5.41) is 10.0. The lowest BCUT2D eigenvalue weighted by atomic mass is 9.75. The van der Waals surface area contributed by atoms with Crippen molar-refractivity contribution in [2.24, 2.45) is 0 Å². The maximum atomic E-state index is 10.8. The van der Waals surface area contributed by atoms with Gasteiger partial charge >= 0.3 is 5.97 Å². The lowest BCUT2D eigenvalue weighted by Gasteiger charge is -2.38. The van der Waals surface area contributed by atoms with E-state index in [9.17, 15) is 4.79 Å². The summed E-state index contributed by atoms with van der Waals surface area (Å²) in [6, 6.07) is 7.38. The number of pyridine rings is 1. The smallest absolute Gasteiger partial charge is 0.304 e. The molecule has 0 bridgehead atoms. The van der Waals surface area contributed by atoms with Crippen LogP contribution in [-0.4, -0.2) is 47.2 Å². The van der Waals surface area contributed by atoms with Crippen molar-refractivity contribution in [3.8, 4) is 11.6 Å². The Balaban J connectivity index is 1.45. The minimum Gasteiger partial charge on any atom is -0.487 e. The molecule has 2 aromatic rings. The molecule has 1 N–H and O–H groups in total. The number of carboxylic acids is 1. The highest BCUT2D eigenvalue weighted by atomic mass is 35.5. The standard InChI is InChI=1S/C21H22Cl2N2O4/c22-17-2-1-3-18(23)15(17)12-28-14-10-16-20(24-11-14)29-13-21(16)5-8-25(9-6-21)7-4-19(26)27/h1-3,10-11H,4-9,12-13H2,(H,26,27). The third-order valence-electron chi connectivity index (χ3n) is 5.78. The van der Waals surface area contributed by atoms with Crippen LogP contribution < -0.4 is 9.47 Å². The van der Waals surface area contributed by atoms with Crippen LogP contribution in [0.5, 0.6) is 11.6 Å². The van der Waals surface area contributed by atoms with Crippen molar-refractivity contribution < 1.29 is 19.4 Å². The van der Waals surface area contributed by atoms with E-state index in [0.29, 0.717) is 34.8 Å². The van der Waals surface area contributed by atoms with Crippen LogP contribution in [0.15, 0.2) is 30.5 Å². The van der Waals surface area contributed by atoms with Crippen LogP contribution >= 0.6 is 23.2 Å². The molecule has 154 valence electrons. The molecule has 8 heteroatoms. The number of aliphatic carboxylic acids is 1. The zero-order chi connectivity index (χ0) is 20.4. The van der Waals surface area contributed by atoms with E-state index in [1.165, 1.54) is 0 Å². The molecule has 0 saturated carbocycles. The number of benzene rings is 1. The van der Waals surface area contributed by atoms with Crippen molar-refractivity contribution in [3.05, 3.63) is 51.6 Å². The first-order chi connectivity index (χ1) is 14.0. The van der Waals surface area contributed by atoms with Crippen LogP contribution in [0.25, 0.3) is 0 Å². The molecule has 1 aromatic carbocycles. The number of carboxylic acid groups (broad SMARTS) is 1. The first-order valence-corrected chi connectivity index (χ1v) is 10.4. The van der Waals surface area contributed by atoms with Gasteiger partial charge in [0.2, 0.25) is 5.88 Å². The van der Waals surface area contributed by atoms with Crippen molar-refractivity contribution in [2.75, 3.05) is 26.2 Å². The predicted molar refractivity (Wildman–Crippen MR) is 110 cm³/mol. The van der Waals surface area contributed by atoms with E-state index in [0.717, 1.165) is 37.1 Å². The SMILES string of the molecule is O=C(O)CCN1CCC2(CC1)COc1ncc(OCc3c(Cl)cccc3Cl)cc12. The number of nitrogens with zero attached hydrogens (tertiary/aromatic N) is 2. The van der Waals surface area contributed by atoms with Crippen LogP contribution in [0.1, 0.15) is 30.4 Å². The van der Waals surface area contributed by atoms with Gasteiger partial charge in [0.05, 0.1) is 19.2 Å². The lowest BCUT2D eigenvalue weighted by Crippen LogP contribution is -2.44. The number of fused-ring (bicyclic) bond motifs is 2. The van der Waals surface area contributed by atoms with Crippen LogP contribution in [0, 0.1) is 0 Å². The number of likely N-dealkylation sites (tertiary alicyclic amines) is 1. The minimum absolute atomic E-state index is 0.0938. The van der Waals surface area contributed by atoms with Crippen LogP contribution in [0.2, 0.25) is 10.0 Å². The van der Waals surface area contributed by atoms with Gasteiger partial charge in [0, 0.05) is 33.1 Å². The maximum Gasteiger partial charge on any atom is 0.304 e. The second-order valence-corrected chi connectivity index (χ2v) is 8.38. The molecular weight excluding hydrogens is 415 g/mol. The molecule has 0 atom stereocenters. The molecule has 1 spiro atoms. The van der Waals surface area contributed by atoms with Gasteiger partial charge in [-0.25, -0.2) is 4.98 Å². The average molecular weight is 437 g/mol. The van der Waals surface area contributed by atoms with E-state index in [4.69, 9.17) is 37.8 Å². The number of rotatable bonds is 6. The van der Waals surface area contributed by atoms with Crippen molar-refractivity contribution in [1.82, 2.24) is 9.88 Å². The molecule has 2 aliphatic rings. The molecule has 4 rings (SSSR count). The van der Waals surface area contributed by atoms with Crippen LogP contribution in [0.4, 0.5) is 0 Å². The normalized spacial score (nSPS) is 17.7. The van der Waals surface area contributed by atoms with Gasteiger partial charge < -0.3 is 19.5 Å². The number of aromatic nitrogens is 1. The fourth-order valence-corrected chi connectivity index (χ4v) is 4.50. The fourth-order valence-electron chi connectivity index (χ4n) is 3.99. The predicted octanol–water partition coefficient (Wildman–Crippen LogP) is 4.17. The van der Waals surface area contributed by atoms with Crippen LogP contribution in [0.3, 0.4) is 0 Å². The van der Waals surface area contributed by atoms with Gasteiger partial charge in [-0.1, -0.05) is 29.3 Å². The number of hydrogen-bond acceptors (Lipinski definition) is 5. The monoisotopic (exact) mass is 436 g/mol. The molecule has 0 aliphatic carbocycles. The first kappa shape index (κ1) is 20.3. The summed E-state index contributed by atoms with van der Waals surface area (Å²) >= 11 is 12.4. The number of hydrogen-bond donors (Lipinski definition) is 1. The van der Waals surface area contributed by atoms with Gasteiger partial charge in [-0.05, 0) is 44.1 Å². The molecule has 2 aliphatic heterocycles. The summed E-state index contributed by atoms with van der Waals surface area (Å²) in [5.41, 5.74) is 1.72. The summed E-state index contributed by atoms with van der Waals surface area (Å²) in [5.74, 6) is 0.550. The van der Waals surface area contributed by atoms with E-state index in [2.05, 4.69) is 9.88 Å². The van der Waals surface area contributed by atoms with E-state index in [1.807, 2.05) is 6.07 Å². The van der Waals surface area contributed by atoms with Crippen molar-refractivity contribution in [1.29, 1.82) is 0 Å². The molecule has 1 aromatic heterocycles. The summed E-state index contributed by atoms with van der Waals surface area (Å²) in [7, 11) is 0. The molecular formula is C21H22Cl2N2O4. The molecule has 0 radical (unpaired) electrons. The Bertz CT molecular complexity index is 893. The third kappa shape index (κ3) is 4.29. The van der Waals surface area contributed by atoms with E-state index in [-0.39, 0.29) is 18.4 Å². The molecule has 1 saturated heterocycles. The Hall–Kier alpha value is -2.02. The second kappa shape index (κ2) is 8.38. The zero-order valence-corrected chi connectivity index (χ0v) is 17.4. The summed E-state index contributed by atoms with van der Waals surface area (Å²) in [4.78, 5) is 17.5. The fraction of sp³-hybridized carbons (Fsp3) is 0.429. The molecule has 29 heavy (non-hydrogen) atoms. The van der Waals surface area contributed by atoms with E-state index < -0.39 is 5.97 Å². The molecule has 3 heterocycles. The Morgan fingerprint density at radius 1 is 1.28 bits per heavy atom. The van der Waals surface area contributed by atoms with Crippen LogP contribution in [-0.2, 0) is 16.8 Å². The largest absolute Gasteiger partial charge is 0.487 e. The van der Waals surface area contributed by atoms with Gasteiger partial charge in [-0.15, -0.1) is 0 Å². The Morgan fingerprint density at radius 2 is 2.00 bits per heavy atom. The lowest BCUT2D eigenvalue weighted by molar-refractivity contribution is -0.137. The maximum absolute atomic E-state index is 10.8. The first-order valence-electron chi connectivity index (χ1n) is 9.60. The number of carbonyl (C=O) groups is 1. The summed E-state index contributed by atoms with van der Waals surface area (Å²) in [6.45, 7) is 3.13. The highest BCUT2D eigenvalue weighted by Crippen LogP contribution is 2.45.